The average Bonchev–Trinajstić information content (AvgIpc) is 3.22. The number of benzene rings is 1. The lowest BCUT2D eigenvalue weighted by molar-refractivity contribution is 0.0713. The van der Waals surface area contributed by atoms with E-state index >= 15 is 0 Å². The van der Waals surface area contributed by atoms with Crippen LogP contribution >= 0.6 is 0 Å². The Morgan fingerprint density at radius 1 is 1.03 bits per heavy atom. The normalized spacial score (nSPS) is 14.8. The van der Waals surface area contributed by atoms with E-state index in [2.05, 4.69) is 14.9 Å². The molecule has 1 aliphatic heterocycles. The number of aromatic nitrogens is 2. The molecule has 1 fully saturated rings. The third-order valence-corrected chi connectivity index (χ3v) is 6.51. The number of furan rings is 1. The first-order valence-corrected chi connectivity index (χ1v) is 10.8. The summed E-state index contributed by atoms with van der Waals surface area (Å²) in [6.07, 6.45) is 6.30. The first-order valence-electron chi connectivity index (χ1n) is 9.19. The van der Waals surface area contributed by atoms with Gasteiger partial charge in [-0.1, -0.05) is 18.2 Å². The van der Waals surface area contributed by atoms with E-state index in [1.54, 1.807) is 59.9 Å². The molecule has 29 heavy (non-hydrogen) atoms. The van der Waals surface area contributed by atoms with Crippen LogP contribution < -0.4 is 4.90 Å². The van der Waals surface area contributed by atoms with E-state index in [1.807, 2.05) is 0 Å². The van der Waals surface area contributed by atoms with E-state index in [0.717, 1.165) is 5.82 Å². The van der Waals surface area contributed by atoms with Crippen molar-refractivity contribution < 1.29 is 17.6 Å². The summed E-state index contributed by atoms with van der Waals surface area (Å²) in [5, 5.41) is 0. The van der Waals surface area contributed by atoms with E-state index < -0.39 is 9.84 Å². The van der Waals surface area contributed by atoms with Crippen molar-refractivity contribution >= 4 is 21.6 Å². The lowest BCUT2D eigenvalue weighted by atomic mass is 10.2. The van der Waals surface area contributed by atoms with Gasteiger partial charge >= 0.3 is 0 Å². The van der Waals surface area contributed by atoms with Crippen LogP contribution in [0.25, 0.3) is 0 Å². The van der Waals surface area contributed by atoms with Crippen molar-refractivity contribution in [2.75, 3.05) is 31.1 Å². The Bertz CT molecular complexity index is 1080. The van der Waals surface area contributed by atoms with Crippen LogP contribution in [0.5, 0.6) is 0 Å². The Morgan fingerprint density at radius 2 is 1.79 bits per heavy atom. The third kappa shape index (κ3) is 4.14. The van der Waals surface area contributed by atoms with Gasteiger partial charge in [-0.2, -0.15) is 0 Å². The first-order chi connectivity index (χ1) is 14.0. The van der Waals surface area contributed by atoms with Gasteiger partial charge in [0.2, 0.25) is 0 Å². The lowest BCUT2D eigenvalue weighted by Crippen LogP contribution is -2.49. The minimum absolute atomic E-state index is 0.0810. The second-order valence-corrected chi connectivity index (χ2v) is 8.68. The highest BCUT2D eigenvalue weighted by molar-refractivity contribution is 7.90. The summed E-state index contributed by atoms with van der Waals surface area (Å²) >= 11 is 0. The van der Waals surface area contributed by atoms with Gasteiger partial charge in [0.15, 0.2) is 15.6 Å². The molecule has 1 aliphatic rings. The Morgan fingerprint density at radius 3 is 2.48 bits per heavy atom. The van der Waals surface area contributed by atoms with Crippen LogP contribution in [0, 0.1) is 0 Å². The zero-order valence-electron chi connectivity index (χ0n) is 15.6. The highest BCUT2D eigenvalue weighted by Gasteiger charge is 2.28. The molecule has 1 saturated heterocycles. The largest absolute Gasteiger partial charge is 0.459 e. The van der Waals surface area contributed by atoms with Gasteiger partial charge in [0.1, 0.15) is 5.82 Å². The van der Waals surface area contributed by atoms with E-state index in [1.165, 1.54) is 6.26 Å². The fourth-order valence-electron chi connectivity index (χ4n) is 3.29. The minimum atomic E-state index is -3.57. The smallest absolute Gasteiger partial charge is 0.289 e. The topological polar surface area (TPSA) is 96.6 Å². The van der Waals surface area contributed by atoms with Crippen molar-refractivity contribution in [2.24, 2.45) is 0 Å². The number of hydrogen-bond acceptors (Lipinski definition) is 7. The quantitative estimate of drug-likeness (QED) is 0.632. The van der Waals surface area contributed by atoms with Gasteiger partial charge < -0.3 is 14.2 Å². The Hall–Kier alpha value is -3.20. The molecule has 9 heteroatoms. The predicted octanol–water partition coefficient (Wildman–Crippen LogP) is 2.01. The molecule has 2 aromatic heterocycles. The summed E-state index contributed by atoms with van der Waals surface area (Å²) in [6, 6.07) is 9.73. The highest BCUT2D eigenvalue weighted by atomic mass is 32.2. The minimum Gasteiger partial charge on any atom is -0.459 e. The zero-order valence-corrected chi connectivity index (χ0v) is 16.5. The van der Waals surface area contributed by atoms with Gasteiger partial charge in [0.05, 0.1) is 23.1 Å². The fourth-order valence-corrected chi connectivity index (χ4v) is 4.66. The second kappa shape index (κ2) is 8.04. The molecule has 8 nitrogen and oxygen atoms in total. The number of rotatable bonds is 5. The predicted molar refractivity (Wildman–Crippen MR) is 106 cm³/mol. The summed E-state index contributed by atoms with van der Waals surface area (Å²) in [5.41, 5.74) is 0.371. The summed E-state index contributed by atoms with van der Waals surface area (Å²) in [7, 11) is -3.57. The molecule has 0 saturated carbocycles. The van der Waals surface area contributed by atoms with Crippen molar-refractivity contribution in [1.82, 2.24) is 14.9 Å². The highest BCUT2D eigenvalue weighted by Crippen LogP contribution is 2.22. The maximum Gasteiger partial charge on any atom is 0.289 e. The van der Waals surface area contributed by atoms with Gasteiger partial charge in [0, 0.05) is 44.1 Å². The molecule has 0 spiro atoms. The average molecular weight is 412 g/mol. The zero-order chi connectivity index (χ0) is 20.3. The molecular formula is C20H20N4O4S. The molecule has 0 radical (unpaired) electrons. The molecule has 1 aromatic carbocycles. The molecule has 0 bridgehead atoms. The lowest BCUT2D eigenvalue weighted by Gasteiger charge is -2.34. The van der Waals surface area contributed by atoms with Crippen molar-refractivity contribution in [3.05, 3.63) is 72.6 Å². The Kier molecular flexibility index (Phi) is 5.30. The molecule has 0 N–H and O–H groups in total. The number of carbonyl (C=O) groups is 1. The van der Waals surface area contributed by atoms with Crippen molar-refractivity contribution in [1.29, 1.82) is 0 Å². The van der Waals surface area contributed by atoms with E-state index in [-0.39, 0.29) is 22.3 Å². The summed E-state index contributed by atoms with van der Waals surface area (Å²) in [6.45, 7) is 2.20. The molecule has 0 unspecified atom stereocenters. The molecule has 1 amide bonds. The van der Waals surface area contributed by atoms with Crippen LogP contribution in [0.2, 0.25) is 0 Å². The molecule has 3 aromatic rings. The number of anilines is 1. The van der Waals surface area contributed by atoms with Gasteiger partial charge in [-0.3, -0.25) is 9.78 Å². The number of nitrogens with zero attached hydrogens (tertiary/aromatic N) is 4. The second-order valence-electron chi connectivity index (χ2n) is 6.69. The molecule has 150 valence electrons. The van der Waals surface area contributed by atoms with Crippen molar-refractivity contribution in [3.8, 4) is 0 Å². The van der Waals surface area contributed by atoms with Gasteiger partial charge in [-0.25, -0.2) is 13.4 Å². The van der Waals surface area contributed by atoms with Crippen LogP contribution in [0.3, 0.4) is 0 Å². The maximum atomic E-state index is 12.9. The van der Waals surface area contributed by atoms with Gasteiger partial charge in [0.25, 0.3) is 5.91 Å². The Labute approximate surface area is 168 Å². The van der Waals surface area contributed by atoms with Gasteiger partial charge in [-0.15, -0.1) is 0 Å². The van der Waals surface area contributed by atoms with Crippen LogP contribution in [-0.4, -0.2) is 55.4 Å². The van der Waals surface area contributed by atoms with E-state index in [4.69, 9.17) is 4.42 Å². The van der Waals surface area contributed by atoms with Crippen LogP contribution in [-0.2, 0) is 15.6 Å². The van der Waals surface area contributed by atoms with Crippen molar-refractivity contribution in [3.63, 3.8) is 0 Å². The SMILES string of the molecule is O=C(c1occc1CS(=O)(=O)c1ccccc1)N1CCN(c2cnccn2)CC1. The maximum absolute atomic E-state index is 12.9. The standard InChI is InChI=1S/C20H20N4O4S/c25-20(24-11-9-23(10-12-24)18-14-21-7-8-22-18)19-16(6-13-28-19)15-29(26,27)17-4-2-1-3-5-17/h1-8,13-14H,9-12,15H2. The monoisotopic (exact) mass is 412 g/mol. The number of piperazine rings is 1. The van der Waals surface area contributed by atoms with Crippen LogP contribution in [0.4, 0.5) is 5.82 Å². The molecule has 4 rings (SSSR count). The fraction of sp³-hybridized carbons (Fsp3) is 0.250. The molecule has 3 heterocycles. The summed E-state index contributed by atoms with van der Waals surface area (Å²) in [4.78, 5) is 25.2. The molecule has 0 aliphatic carbocycles. The number of carbonyl (C=O) groups excluding carboxylic acids is 1. The number of sulfone groups is 1. The summed E-state index contributed by atoms with van der Waals surface area (Å²) < 4.78 is 30.7. The molecule has 0 atom stereocenters. The van der Waals surface area contributed by atoms with Crippen molar-refractivity contribution in [2.45, 2.75) is 10.6 Å². The van der Waals surface area contributed by atoms with Gasteiger partial charge in [-0.05, 0) is 18.2 Å². The molecular weight excluding hydrogens is 392 g/mol. The van der Waals surface area contributed by atoms with E-state index in [0.29, 0.717) is 31.7 Å². The number of amides is 1. The first kappa shape index (κ1) is 19.1. The Balaban J connectivity index is 1.45. The third-order valence-electron chi connectivity index (χ3n) is 4.83. The number of hydrogen-bond donors (Lipinski definition) is 0. The summed E-state index contributed by atoms with van der Waals surface area (Å²) in [5.74, 6) is 0.269. The van der Waals surface area contributed by atoms with E-state index in [9.17, 15) is 13.2 Å². The van der Waals surface area contributed by atoms with Crippen LogP contribution in [0.15, 0.2) is 70.6 Å². The van der Waals surface area contributed by atoms with Crippen LogP contribution in [0.1, 0.15) is 16.1 Å².